The van der Waals surface area contributed by atoms with E-state index in [0.29, 0.717) is 0 Å². The van der Waals surface area contributed by atoms with Crippen LogP contribution in [-0.2, 0) is 5.92 Å². The van der Waals surface area contributed by atoms with Crippen LogP contribution in [-0.4, -0.2) is 8.32 Å². The zero-order valence-electron chi connectivity index (χ0n) is 18.2. The van der Waals surface area contributed by atoms with E-state index in [-0.39, 0.29) is 22.7 Å². The Bertz CT molecular complexity index is 1070. The number of benzene rings is 2. The van der Waals surface area contributed by atoms with E-state index in [4.69, 9.17) is 4.43 Å². The molecule has 0 N–H and O–H groups in total. The molecular formula is C22H22F8OSi. The van der Waals surface area contributed by atoms with Crippen LogP contribution in [0.5, 0.6) is 5.75 Å². The maximum absolute atomic E-state index is 15.4. The second-order valence-electron chi connectivity index (χ2n) is 8.92. The van der Waals surface area contributed by atoms with Crippen LogP contribution >= 0.6 is 0 Å². The fraction of sp³-hybridized carbons (Fsp3) is 0.455. The summed E-state index contributed by atoms with van der Waals surface area (Å²) in [7, 11) is -3.13. The first-order chi connectivity index (χ1) is 14.6. The summed E-state index contributed by atoms with van der Waals surface area (Å²) in [4.78, 5) is 0. The summed E-state index contributed by atoms with van der Waals surface area (Å²) in [6.07, 6.45) is 0. The van der Waals surface area contributed by atoms with Gasteiger partial charge in [0.05, 0.1) is 5.56 Å². The first kappa shape index (κ1) is 24.5. The summed E-state index contributed by atoms with van der Waals surface area (Å²) < 4.78 is 123. The van der Waals surface area contributed by atoms with Gasteiger partial charge in [-0.2, -0.15) is 13.2 Å². The van der Waals surface area contributed by atoms with Gasteiger partial charge in [0, 0.05) is 16.7 Å². The van der Waals surface area contributed by atoms with Crippen molar-refractivity contribution in [2.75, 3.05) is 0 Å². The molecule has 0 spiro atoms. The summed E-state index contributed by atoms with van der Waals surface area (Å²) in [6.45, 7) is 10.6. The average molecular weight is 482 g/mol. The molecule has 2 aromatic carbocycles. The molecule has 3 rings (SSSR count). The number of hydrogen-bond acceptors (Lipinski definition) is 1. The molecule has 0 saturated carbocycles. The smallest absolute Gasteiger partial charge is 0.302 e. The number of halogens is 8. The highest BCUT2D eigenvalue weighted by atomic mass is 28.4. The third-order valence-electron chi connectivity index (χ3n) is 6.33. The van der Waals surface area contributed by atoms with Crippen LogP contribution in [0, 0.1) is 34.9 Å². The minimum Gasteiger partial charge on any atom is -0.539 e. The molecule has 0 radical (unpaired) electrons. The molecule has 0 amide bonds. The Kier molecular flexibility index (Phi) is 5.94. The van der Waals surface area contributed by atoms with E-state index >= 15 is 22.0 Å². The number of rotatable bonds is 5. The molecule has 1 nitrogen and oxygen atoms in total. The minimum atomic E-state index is -4.45. The molecule has 2 aromatic rings. The molecule has 0 heterocycles. The maximum atomic E-state index is 15.4. The number of alkyl halides is 2. The molecule has 1 aliphatic rings. The zero-order chi connectivity index (χ0) is 24.5. The van der Waals surface area contributed by atoms with Crippen LogP contribution in [0.25, 0.3) is 11.1 Å². The molecule has 10 heteroatoms. The third-order valence-corrected chi connectivity index (χ3v) is 12.3. The molecular weight excluding hydrogens is 460 g/mol. The molecule has 32 heavy (non-hydrogen) atoms. The van der Waals surface area contributed by atoms with Gasteiger partial charge in [0.2, 0.25) is 5.82 Å². The topological polar surface area (TPSA) is 9.23 Å². The lowest BCUT2D eigenvalue weighted by Gasteiger charge is -2.42. The zero-order valence-corrected chi connectivity index (χ0v) is 19.2. The Morgan fingerprint density at radius 3 is 1.62 bits per heavy atom. The van der Waals surface area contributed by atoms with Gasteiger partial charge >= 0.3 is 5.92 Å². The van der Waals surface area contributed by atoms with Gasteiger partial charge in [-0.05, 0) is 22.7 Å². The van der Waals surface area contributed by atoms with Gasteiger partial charge in [-0.25, -0.2) is 22.0 Å². The highest BCUT2D eigenvalue weighted by molar-refractivity contribution is 6.78. The Labute approximate surface area is 181 Å². The Morgan fingerprint density at radius 2 is 1.16 bits per heavy atom. The molecule has 0 aliphatic heterocycles. The minimum absolute atomic E-state index is 0.0412. The predicted molar refractivity (Wildman–Crippen MR) is 106 cm³/mol. The fourth-order valence-electron chi connectivity index (χ4n) is 5.01. The van der Waals surface area contributed by atoms with Gasteiger partial charge in [-0.1, -0.05) is 41.5 Å². The van der Waals surface area contributed by atoms with Gasteiger partial charge < -0.3 is 4.43 Å². The van der Waals surface area contributed by atoms with Crippen molar-refractivity contribution < 1.29 is 39.5 Å². The van der Waals surface area contributed by atoms with Gasteiger partial charge in [-0.15, -0.1) is 0 Å². The van der Waals surface area contributed by atoms with Gasteiger partial charge in [0.15, 0.2) is 34.8 Å². The number of hydrogen-bond donors (Lipinski definition) is 0. The van der Waals surface area contributed by atoms with Crippen molar-refractivity contribution in [3.8, 4) is 16.9 Å². The van der Waals surface area contributed by atoms with Crippen molar-refractivity contribution in [3.05, 3.63) is 52.1 Å². The summed E-state index contributed by atoms with van der Waals surface area (Å²) in [5, 5.41) is 0. The largest absolute Gasteiger partial charge is 0.539 e. The molecule has 1 aliphatic carbocycles. The Morgan fingerprint density at radius 1 is 0.688 bits per heavy atom. The summed E-state index contributed by atoms with van der Waals surface area (Å²) >= 11 is 0. The van der Waals surface area contributed by atoms with Gasteiger partial charge in [0.1, 0.15) is 0 Å². The van der Waals surface area contributed by atoms with E-state index in [1.165, 1.54) is 0 Å². The van der Waals surface area contributed by atoms with Crippen LogP contribution in [0.4, 0.5) is 35.1 Å². The van der Waals surface area contributed by atoms with Crippen LogP contribution in [0.3, 0.4) is 0 Å². The Hall–Kier alpha value is -2.10. The Balaban J connectivity index is 2.39. The molecule has 0 bridgehead atoms. The summed E-state index contributed by atoms with van der Waals surface area (Å²) in [5.41, 5.74) is -6.80. The lowest BCUT2D eigenvalue weighted by atomic mass is 10.0. The first-order valence-electron chi connectivity index (χ1n) is 10.1. The van der Waals surface area contributed by atoms with Crippen molar-refractivity contribution in [2.45, 2.75) is 64.1 Å². The van der Waals surface area contributed by atoms with E-state index in [0.717, 1.165) is 0 Å². The van der Waals surface area contributed by atoms with Crippen LogP contribution in [0.15, 0.2) is 6.07 Å². The van der Waals surface area contributed by atoms with E-state index in [9.17, 15) is 13.2 Å². The van der Waals surface area contributed by atoms with Crippen molar-refractivity contribution in [2.24, 2.45) is 0 Å². The SMILES string of the molecule is CC(C)[Si](Oc1c(F)c(F)c2c(c1F)C(F)(F)c1cc(F)c(F)c(F)c1-2)(C(C)C)C(C)C. The quantitative estimate of drug-likeness (QED) is 0.181. The lowest BCUT2D eigenvalue weighted by Crippen LogP contribution is -2.51. The number of fused-ring (bicyclic) bond motifs is 3. The molecule has 176 valence electrons. The van der Waals surface area contributed by atoms with Crippen LogP contribution in [0.2, 0.25) is 16.6 Å². The summed E-state index contributed by atoms with van der Waals surface area (Å²) in [5.74, 6) is -17.9. The van der Waals surface area contributed by atoms with Crippen molar-refractivity contribution in [1.29, 1.82) is 0 Å². The second-order valence-corrected chi connectivity index (χ2v) is 14.3. The van der Waals surface area contributed by atoms with E-state index in [2.05, 4.69) is 0 Å². The highest BCUT2D eigenvalue weighted by Crippen LogP contribution is 2.57. The van der Waals surface area contributed by atoms with Crippen LogP contribution in [0.1, 0.15) is 52.7 Å². The molecule has 0 saturated heterocycles. The molecule has 0 fully saturated rings. The van der Waals surface area contributed by atoms with E-state index < -0.39 is 77.1 Å². The normalized spacial score (nSPS) is 15.0. The average Bonchev–Trinajstić information content (AvgIpc) is 2.91. The van der Waals surface area contributed by atoms with Gasteiger partial charge in [-0.3, -0.25) is 0 Å². The first-order valence-corrected chi connectivity index (χ1v) is 12.2. The monoisotopic (exact) mass is 482 g/mol. The van der Waals surface area contributed by atoms with Crippen molar-refractivity contribution >= 4 is 8.32 Å². The summed E-state index contributed by atoms with van der Waals surface area (Å²) in [6, 6.07) is -0.0412. The van der Waals surface area contributed by atoms with E-state index in [1.807, 2.05) is 0 Å². The second kappa shape index (κ2) is 7.74. The molecule has 0 aromatic heterocycles. The van der Waals surface area contributed by atoms with E-state index in [1.54, 1.807) is 41.5 Å². The van der Waals surface area contributed by atoms with Gasteiger partial charge in [0.25, 0.3) is 8.32 Å². The van der Waals surface area contributed by atoms with Crippen molar-refractivity contribution in [3.63, 3.8) is 0 Å². The molecule has 0 unspecified atom stereocenters. The third kappa shape index (κ3) is 3.08. The molecule has 0 atom stereocenters. The predicted octanol–water partition coefficient (Wildman–Crippen LogP) is 8.20. The maximum Gasteiger partial charge on any atom is 0.302 e. The highest BCUT2D eigenvalue weighted by Gasteiger charge is 2.54. The standard InChI is InChI=1S/C22H22F8OSi/c1-8(2)32(9(3)4,10(5)6)31-21-19(27)15-14(18(26)20(21)28)13-11(22(15,29)30)7-12(23)16(24)17(13)25/h7-10H,1-6H3. The fourth-order valence-corrected chi connectivity index (χ4v) is 10.2. The lowest BCUT2D eigenvalue weighted by molar-refractivity contribution is 0.0428. The van der Waals surface area contributed by atoms with Crippen molar-refractivity contribution in [1.82, 2.24) is 0 Å². The van der Waals surface area contributed by atoms with Crippen LogP contribution < -0.4 is 4.43 Å².